The molecule has 2 bridgehead atoms. The summed E-state index contributed by atoms with van der Waals surface area (Å²) in [6, 6.07) is 4.82. The highest BCUT2D eigenvalue weighted by molar-refractivity contribution is 5.99. The molecule has 2 saturated heterocycles. The smallest absolute Gasteiger partial charge is 0.270 e. The quantitative estimate of drug-likeness (QED) is 0.488. The number of nitro benzene ring substituents is 1. The summed E-state index contributed by atoms with van der Waals surface area (Å²) in [4.78, 5) is 24.7. The first-order valence-corrected chi connectivity index (χ1v) is 7.14. The molecule has 2 atom stereocenters. The molecule has 3 rings (SSSR count). The zero-order valence-corrected chi connectivity index (χ0v) is 12.8. The summed E-state index contributed by atoms with van der Waals surface area (Å²) in [6.45, 7) is 1.30. The predicted molar refractivity (Wildman–Crippen MR) is 85.2 cm³/mol. The van der Waals surface area contributed by atoms with Gasteiger partial charge < -0.3 is 16.0 Å². The highest BCUT2D eigenvalue weighted by Crippen LogP contribution is 2.25. The topological polar surface area (TPSA) is 101 Å². The molecule has 1 aromatic rings. The minimum Gasteiger partial charge on any atom is -0.398 e. The number of nitrogens with zero attached hydrogens (tertiary/aromatic N) is 2. The largest absolute Gasteiger partial charge is 0.398 e. The van der Waals surface area contributed by atoms with E-state index in [1.807, 2.05) is 0 Å². The Balaban J connectivity index is 0.00000176. The van der Waals surface area contributed by atoms with Gasteiger partial charge in [0.25, 0.3) is 11.6 Å². The first-order chi connectivity index (χ1) is 10.0. The van der Waals surface area contributed by atoms with Crippen LogP contribution in [0.3, 0.4) is 0 Å². The van der Waals surface area contributed by atoms with Crippen molar-refractivity contribution < 1.29 is 9.72 Å². The molecule has 0 aliphatic carbocycles. The summed E-state index contributed by atoms with van der Waals surface area (Å²) in [6.07, 6.45) is 3.14. The maximum Gasteiger partial charge on any atom is 0.270 e. The minimum absolute atomic E-state index is 0. The zero-order valence-electron chi connectivity index (χ0n) is 12.0. The third kappa shape index (κ3) is 3.15. The Morgan fingerprint density at radius 3 is 2.77 bits per heavy atom. The fraction of sp³-hybridized carbons (Fsp3) is 0.500. The molecule has 2 fully saturated rings. The molecule has 0 spiro atoms. The lowest BCUT2D eigenvalue weighted by atomic mass is 10.1. The van der Waals surface area contributed by atoms with Gasteiger partial charge in [-0.05, 0) is 25.3 Å². The second-order valence-corrected chi connectivity index (χ2v) is 5.71. The Labute approximate surface area is 134 Å². The van der Waals surface area contributed by atoms with Gasteiger partial charge in [0, 0.05) is 43.0 Å². The lowest BCUT2D eigenvalue weighted by Crippen LogP contribution is -2.39. The van der Waals surface area contributed by atoms with E-state index in [4.69, 9.17) is 5.73 Å². The molecule has 7 nitrogen and oxygen atoms in total. The maximum atomic E-state index is 12.6. The summed E-state index contributed by atoms with van der Waals surface area (Å²) >= 11 is 0. The van der Waals surface area contributed by atoms with Crippen LogP contribution in [-0.2, 0) is 0 Å². The van der Waals surface area contributed by atoms with Crippen molar-refractivity contribution in [2.75, 3.05) is 18.8 Å². The van der Waals surface area contributed by atoms with Crippen LogP contribution in [0.4, 0.5) is 11.4 Å². The molecule has 3 N–H and O–H groups in total. The van der Waals surface area contributed by atoms with Gasteiger partial charge in [0.1, 0.15) is 0 Å². The number of halogens is 1. The number of amides is 1. The summed E-state index contributed by atoms with van der Waals surface area (Å²) in [7, 11) is 0. The van der Waals surface area contributed by atoms with Gasteiger partial charge in [0.05, 0.1) is 10.5 Å². The van der Waals surface area contributed by atoms with Crippen LogP contribution in [0.1, 0.15) is 29.6 Å². The summed E-state index contributed by atoms with van der Waals surface area (Å²) in [5.41, 5.74) is 6.23. The maximum absolute atomic E-state index is 12.6. The number of anilines is 1. The van der Waals surface area contributed by atoms with E-state index in [0.717, 1.165) is 19.3 Å². The third-order valence-electron chi connectivity index (χ3n) is 4.29. The standard InChI is InChI=1S/C14H18N4O3.ClH/c15-13-4-3-11(18(20)21)7-12(13)14(19)17-6-5-9-1-2-10(8-17)16-9;/h3-4,7,9-10,16H,1-2,5-6,8,15H2;1H. The zero-order chi connectivity index (χ0) is 15.0. The van der Waals surface area contributed by atoms with E-state index < -0.39 is 4.92 Å². The van der Waals surface area contributed by atoms with Crippen molar-refractivity contribution in [1.82, 2.24) is 10.2 Å². The normalized spacial score (nSPS) is 23.5. The second kappa shape index (κ2) is 6.50. The highest BCUT2D eigenvalue weighted by Gasteiger charge is 2.32. The van der Waals surface area contributed by atoms with Gasteiger partial charge in [-0.1, -0.05) is 0 Å². The van der Waals surface area contributed by atoms with Crippen LogP contribution < -0.4 is 11.1 Å². The van der Waals surface area contributed by atoms with Gasteiger partial charge in [0.15, 0.2) is 0 Å². The van der Waals surface area contributed by atoms with Crippen LogP contribution in [0.15, 0.2) is 18.2 Å². The number of likely N-dealkylation sites (tertiary alicyclic amines) is 1. The third-order valence-corrected chi connectivity index (χ3v) is 4.29. The van der Waals surface area contributed by atoms with Gasteiger partial charge in [-0.3, -0.25) is 14.9 Å². The molecule has 0 aromatic heterocycles. The van der Waals surface area contributed by atoms with Crippen LogP contribution >= 0.6 is 12.4 Å². The first kappa shape index (κ1) is 16.5. The Bertz CT molecular complexity index is 595. The van der Waals surface area contributed by atoms with Crippen molar-refractivity contribution >= 4 is 29.7 Å². The Hall–Kier alpha value is -1.86. The van der Waals surface area contributed by atoms with Gasteiger partial charge in [0.2, 0.25) is 0 Å². The number of hydrogen-bond donors (Lipinski definition) is 2. The number of hydrogen-bond acceptors (Lipinski definition) is 5. The van der Waals surface area contributed by atoms with Crippen molar-refractivity contribution in [3.05, 3.63) is 33.9 Å². The molecule has 120 valence electrons. The molecule has 2 aliphatic rings. The number of carbonyl (C=O) groups excluding carboxylic acids is 1. The van der Waals surface area contributed by atoms with E-state index in [1.54, 1.807) is 4.90 Å². The molecule has 0 radical (unpaired) electrons. The number of rotatable bonds is 2. The van der Waals surface area contributed by atoms with Crippen molar-refractivity contribution in [2.24, 2.45) is 0 Å². The molecule has 0 saturated carbocycles. The molecule has 2 heterocycles. The number of fused-ring (bicyclic) bond motifs is 2. The van der Waals surface area contributed by atoms with E-state index in [2.05, 4.69) is 5.32 Å². The Kier molecular flexibility index (Phi) is 4.87. The highest BCUT2D eigenvalue weighted by atomic mass is 35.5. The average Bonchev–Trinajstić information content (AvgIpc) is 2.78. The molecule has 22 heavy (non-hydrogen) atoms. The number of nitrogen functional groups attached to an aromatic ring is 1. The van der Waals surface area contributed by atoms with Crippen LogP contribution in [-0.4, -0.2) is 40.9 Å². The molecule has 1 amide bonds. The average molecular weight is 327 g/mol. The van der Waals surface area contributed by atoms with Crippen LogP contribution in [0.5, 0.6) is 0 Å². The van der Waals surface area contributed by atoms with Crippen molar-refractivity contribution in [3.8, 4) is 0 Å². The number of non-ortho nitro benzene ring substituents is 1. The van der Waals surface area contributed by atoms with E-state index in [1.165, 1.54) is 18.2 Å². The summed E-state index contributed by atoms with van der Waals surface area (Å²) in [5, 5.41) is 14.4. The molecular weight excluding hydrogens is 308 g/mol. The SMILES string of the molecule is Cl.Nc1ccc([N+](=O)[O-])cc1C(=O)N1CCC2CCC(C1)N2. The van der Waals surface area contributed by atoms with Crippen molar-refractivity contribution in [3.63, 3.8) is 0 Å². The predicted octanol–water partition coefficient (Wildman–Crippen LogP) is 1.57. The van der Waals surface area contributed by atoms with E-state index >= 15 is 0 Å². The molecule has 8 heteroatoms. The summed E-state index contributed by atoms with van der Waals surface area (Å²) in [5.74, 6) is -0.217. The fourth-order valence-corrected chi connectivity index (χ4v) is 3.14. The summed E-state index contributed by atoms with van der Waals surface area (Å²) < 4.78 is 0. The fourth-order valence-electron chi connectivity index (χ4n) is 3.14. The van der Waals surface area contributed by atoms with Crippen molar-refractivity contribution in [1.29, 1.82) is 0 Å². The van der Waals surface area contributed by atoms with Gasteiger partial charge in [-0.15, -0.1) is 12.4 Å². The number of carbonyl (C=O) groups is 1. The molecule has 1 aromatic carbocycles. The number of benzene rings is 1. The molecule has 2 unspecified atom stereocenters. The van der Waals surface area contributed by atoms with Gasteiger partial charge >= 0.3 is 0 Å². The number of nitro groups is 1. The molecule has 2 aliphatic heterocycles. The second-order valence-electron chi connectivity index (χ2n) is 5.71. The Morgan fingerprint density at radius 2 is 2.05 bits per heavy atom. The van der Waals surface area contributed by atoms with Crippen molar-refractivity contribution in [2.45, 2.75) is 31.3 Å². The monoisotopic (exact) mass is 326 g/mol. The lowest BCUT2D eigenvalue weighted by Gasteiger charge is -2.24. The lowest BCUT2D eigenvalue weighted by molar-refractivity contribution is -0.384. The van der Waals surface area contributed by atoms with Gasteiger partial charge in [-0.25, -0.2) is 0 Å². The van der Waals surface area contributed by atoms with E-state index in [-0.39, 0.29) is 35.3 Å². The van der Waals surface area contributed by atoms with Crippen LogP contribution in [0.25, 0.3) is 0 Å². The number of nitrogens with one attached hydrogen (secondary N) is 1. The minimum atomic E-state index is -0.512. The van der Waals surface area contributed by atoms with Gasteiger partial charge in [-0.2, -0.15) is 0 Å². The molecular formula is C14H19ClN4O3. The van der Waals surface area contributed by atoms with E-state index in [9.17, 15) is 14.9 Å². The van der Waals surface area contributed by atoms with E-state index in [0.29, 0.717) is 25.2 Å². The number of nitrogens with two attached hydrogens (primary N) is 1. The van der Waals surface area contributed by atoms with Crippen LogP contribution in [0, 0.1) is 10.1 Å². The van der Waals surface area contributed by atoms with Crippen LogP contribution in [0.2, 0.25) is 0 Å². The first-order valence-electron chi connectivity index (χ1n) is 7.14. The Morgan fingerprint density at radius 1 is 1.32 bits per heavy atom.